The lowest BCUT2D eigenvalue weighted by Crippen LogP contribution is -2.50. The fraction of sp³-hybridized carbons (Fsp3) is 0.750. The van der Waals surface area contributed by atoms with Crippen LogP contribution in [0.3, 0.4) is 0 Å². The van der Waals surface area contributed by atoms with Crippen molar-refractivity contribution in [1.29, 1.82) is 0 Å². The van der Waals surface area contributed by atoms with Crippen molar-refractivity contribution in [3.8, 4) is 0 Å². The summed E-state index contributed by atoms with van der Waals surface area (Å²) in [4.78, 5) is 15.6. The minimum absolute atomic E-state index is 0. The van der Waals surface area contributed by atoms with Crippen LogP contribution < -0.4 is 0 Å². The highest BCUT2D eigenvalue weighted by atomic mass is 16.3. The first-order valence-corrected chi connectivity index (χ1v) is 5.84. The second kappa shape index (κ2) is 5.46. The van der Waals surface area contributed by atoms with Crippen molar-refractivity contribution in [2.45, 2.75) is 38.5 Å². The molecular formula is C12H24N2O2. The van der Waals surface area contributed by atoms with Gasteiger partial charge < -0.3 is 14.9 Å². The first-order valence-electron chi connectivity index (χ1n) is 5.84. The normalized spacial score (nSPS) is 27.2. The predicted molar refractivity (Wildman–Crippen MR) is 66.2 cm³/mol. The fourth-order valence-corrected chi connectivity index (χ4v) is 2.47. The molecule has 16 heavy (non-hydrogen) atoms. The van der Waals surface area contributed by atoms with Gasteiger partial charge >= 0.3 is 0 Å². The maximum absolute atomic E-state index is 11.7. The molecule has 1 amide bonds. The topological polar surface area (TPSA) is 43.8 Å². The van der Waals surface area contributed by atoms with Crippen LogP contribution in [0.2, 0.25) is 0 Å². The van der Waals surface area contributed by atoms with E-state index in [2.05, 4.69) is 18.4 Å². The molecule has 0 saturated carbocycles. The highest BCUT2D eigenvalue weighted by Crippen LogP contribution is 2.25. The zero-order valence-electron chi connectivity index (χ0n) is 10.4. The lowest BCUT2D eigenvalue weighted by molar-refractivity contribution is -0.129. The molecule has 1 N–H and O–H groups in total. The maximum Gasteiger partial charge on any atom is 0.246 e. The summed E-state index contributed by atoms with van der Waals surface area (Å²) in [6.07, 6.45) is 1.73. The van der Waals surface area contributed by atoms with Crippen LogP contribution in [0.15, 0.2) is 12.7 Å². The molecule has 1 heterocycles. The van der Waals surface area contributed by atoms with E-state index >= 15 is 0 Å². The highest BCUT2D eigenvalue weighted by Gasteiger charge is 2.40. The Morgan fingerprint density at radius 1 is 1.81 bits per heavy atom. The molecule has 0 aromatic carbocycles. The predicted octanol–water partition coefficient (Wildman–Crippen LogP) is 0.720. The Morgan fingerprint density at radius 2 is 2.44 bits per heavy atom. The zero-order chi connectivity index (χ0) is 12.3. The van der Waals surface area contributed by atoms with Crippen LogP contribution in [0.4, 0.5) is 0 Å². The Hall–Kier alpha value is -0.870. The third kappa shape index (κ3) is 2.44. The van der Waals surface area contributed by atoms with Crippen LogP contribution in [-0.4, -0.2) is 59.1 Å². The average molecular weight is 228 g/mol. The summed E-state index contributed by atoms with van der Waals surface area (Å²) in [7, 11) is 2.03. The van der Waals surface area contributed by atoms with Gasteiger partial charge in [0, 0.05) is 14.0 Å². The molecule has 94 valence electrons. The van der Waals surface area contributed by atoms with Crippen molar-refractivity contribution < 1.29 is 11.3 Å². The summed E-state index contributed by atoms with van der Waals surface area (Å²) in [5.41, 5.74) is 0. The summed E-state index contributed by atoms with van der Waals surface area (Å²) in [5.74, 6) is -0.0853. The number of carbonyl (C=O) groups is 1. The van der Waals surface area contributed by atoms with Gasteiger partial charge in [-0.15, -0.1) is 0 Å². The molecule has 0 spiro atoms. The number of aliphatic hydroxyl groups is 1. The summed E-state index contributed by atoms with van der Waals surface area (Å²) in [6.45, 7) is 8.95. The number of carbonyl (C=O) groups excluding carboxylic acids is 1. The van der Waals surface area contributed by atoms with E-state index in [-0.39, 0.29) is 19.4 Å². The lowest BCUT2D eigenvalue weighted by atomic mass is 10.0. The maximum atomic E-state index is 11.7. The van der Waals surface area contributed by atoms with Gasteiger partial charge in [0.1, 0.15) is 0 Å². The molecule has 0 bridgehead atoms. The molecule has 0 aromatic rings. The Morgan fingerprint density at radius 3 is 2.88 bits per heavy atom. The molecule has 1 saturated heterocycles. The monoisotopic (exact) mass is 228 g/mol. The van der Waals surface area contributed by atoms with Gasteiger partial charge in [-0.25, -0.2) is 0 Å². The van der Waals surface area contributed by atoms with Crippen molar-refractivity contribution in [2.75, 3.05) is 20.1 Å². The van der Waals surface area contributed by atoms with Crippen LogP contribution in [0.5, 0.6) is 0 Å². The van der Waals surface area contributed by atoms with Crippen LogP contribution in [-0.2, 0) is 4.79 Å². The van der Waals surface area contributed by atoms with Gasteiger partial charge in [-0.05, 0) is 33.0 Å². The summed E-state index contributed by atoms with van der Waals surface area (Å²) in [5, 5.41) is 9.83. The molecule has 3 unspecified atom stereocenters. The van der Waals surface area contributed by atoms with E-state index in [1.54, 1.807) is 11.8 Å². The van der Waals surface area contributed by atoms with Gasteiger partial charge in [0.2, 0.25) is 5.91 Å². The van der Waals surface area contributed by atoms with Crippen LogP contribution in [0, 0.1) is 0 Å². The molecule has 1 rings (SSSR count). The molecule has 0 aliphatic carbocycles. The van der Waals surface area contributed by atoms with Crippen molar-refractivity contribution in [3.63, 3.8) is 0 Å². The summed E-state index contributed by atoms with van der Waals surface area (Å²) >= 11 is 0. The third-order valence-corrected chi connectivity index (χ3v) is 3.44. The van der Waals surface area contributed by atoms with Crippen molar-refractivity contribution in [1.82, 2.24) is 9.80 Å². The minimum Gasteiger partial charge on any atom is -0.391 e. The van der Waals surface area contributed by atoms with E-state index in [0.717, 1.165) is 13.0 Å². The zero-order valence-corrected chi connectivity index (χ0v) is 10.4. The molecule has 1 aliphatic heterocycles. The molecular weight excluding hydrogens is 204 g/mol. The Bertz CT molecular complexity index is 271. The molecule has 4 nitrogen and oxygen atoms in total. The van der Waals surface area contributed by atoms with Crippen molar-refractivity contribution in [2.24, 2.45) is 0 Å². The molecule has 0 radical (unpaired) electrons. The number of likely N-dealkylation sites (N-methyl/N-ethyl adjacent to an activating group) is 1. The number of amides is 1. The van der Waals surface area contributed by atoms with Gasteiger partial charge in [0.15, 0.2) is 0 Å². The van der Waals surface area contributed by atoms with Crippen LogP contribution in [0.1, 0.15) is 21.7 Å². The first-order chi connectivity index (χ1) is 7.52. The molecule has 0 aromatic heterocycles. The number of aliphatic hydroxyl groups excluding tert-OH is 1. The number of nitrogens with zero attached hydrogens (tertiary/aromatic N) is 2. The largest absolute Gasteiger partial charge is 0.391 e. The minimum atomic E-state index is -0.509. The second-order valence-electron chi connectivity index (χ2n) is 4.40. The van der Waals surface area contributed by atoms with Crippen LogP contribution >= 0.6 is 0 Å². The number of likely N-dealkylation sites (tertiary alicyclic amines) is 1. The van der Waals surface area contributed by atoms with E-state index in [4.69, 9.17) is 0 Å². The van der Waals surface area contributed by atoms with Gasteiger partial charge in [0.05, 0.1) is 12.1 Å². The highest BCUT2D eigenvalue weighted by molar-refractivity contribution is 5.87. The molecule has 1 aliphatic rings. The SMILES string of the molecule is C=CC(=O)N1CCC(N(C)CC)C1C(C)O.[HH]. The van der Waals surface area contributed by atoms with Crippen LogP contribution in [0.25, 0.3) is 0 Å². The second-order valence-corrected chi connectivity index (χ2v) is 4.40. The molecule has 3 atom stereocenters. The van der Waals surface area contributed by atoms with E-state index in [1.165, 1.54) is 6.08 Å². The summed E-state index contributed by atoms with van der Waals surface area (Å²) < 4.78 is 0. The standard InChI is InChI=1S/C12H22N2O2.H2/c1-5-11(16)14-8-7-10(13(4)6-2)12(14)9(3)15;/h5,9-10,12,15H,1,6-8H2,2-4H3;1H. The first kappa shape index (κ1) is 13.2. The Kier molecular flexibility index (Phi) is 4.50. The number of hydrogen-bond acceptors (Lipinski definition) is 3. The van der Waals surface area contributed by atoms with Crippen molar-refractivity contribution in [3.05, 3.63) is 12.7 Å². The van der Waals surface area contributed by atoms with Gasteiger partial charge in [-0.3, -0.25) is 4.79 Å². The Balaban J connectivity index is 0.00000256. The number of hydrogen-bond donors (Lipinski definition) is 1. The van der Waals surface area contributed by atoms with Gasteiger partial charge in [-0.2, -0.15) is 0 Å². The smallest absolute Gasteiger partial charge is 0.246 e. The van der Waals surface area contributed by atoms with E-state index in [0.29, 0.717) is 6.54 Å². The van der Waals surface area contributed by atoms with E-state index in [9.17, 15) is 9.90 Å². The van der Waals surface area contributed by atoms with Crippen molar-refractivity contribution >= 4 is 5.91 Å². The van der Waals surface area contributed by atoms with Gasteiger partial charge in [-0.1, -0.05) is 13.5 Å². The lowest BCUT2D eigenvalue weighted by Gasteiger charge is -2.34. The number of rotatable bonds is 4. The summed E-state index contributed by atoms with van der Waals surface area (Å²) in [6, 6.07) is 0.129. The average Bonchev–Trinajstić information content (AvgIpc) is 2.71. The van der Waals surface area contributed by atoms with E-state index < -0.39 is 6.10 Å². The van der Waals surface area contributed by atoms with Gasteiger partial charge in [0.25, 0.3) is 0 Å². The third-order valence-electron chi connectivity index (χ3n) is 3.44. The quantitative estimate of drug-likeness (QED) is 0.721. The van der Waals surface area contributed by atoms with E-state index in [1.807, 2.05) is 7.05 Å². The fourth-order valence-electron chi connectivity index (χ4n) is 2.47. The Labute approximate surface area is 99.0 Å². The molecule has 1 fully saturated rings. The molecule has 4 heteroatoms.